The number of ether oxygens (including phenoxy) is 8. The molecule has 2 heterocycles. The van der Waals surface area contributed by atoms with E-state index in [0.717, 1.165) is 16.7 Å². The number of hydrogen-bond donors (Lipinski definition) is 2. The van der Waals surface area contributed by atoms with Crippen LogP contribution in [0.5, 0.6) is 51.7 Å². The zero-order valence-electron chi connectivity index (χ0n) is 30.4. The third-order valence-corrected chi connectivity index (χ3v) is 9.15. The minimum Gasteiger partial charge on any atom is -0.502 e. The molecule has 1 aromatic heterocycles. The van der Waals surface area contributed by atoms with Gasteiger partial charge in [-0.1, -0.05) is 0 Å². The van der Waals surface area contributed by atoms with Crippen molar-refractivity contribution in [1.29, 1.82) is 0 Å². The summed E-state index contributed by atoms with van der Waals surface area (Å²) in [6, 6.07) is 11.3. The first-order valence-electron chi connectivity index (χ1n) is 16.2. The molecule has 1 aliphatic heterocycles. The van der Waals surface area contributed by atoms with Gasteiger partial charge in [0.25, 0.3) is 0 Å². The number of nitrogens with zero attached hydrogens (tertiary/aromatic N) is 1. The molecule has 0 spiro atoms. The molecule has 0 aliphatic carbocycles. The number of phenols is 1. The maximum atomic E-state index is 13.4. The van der Waals surface area contributed by atoms with Crippen LogP contribution in [0.3, 0.4) is 0 Å². The molecule has 14 nitrogen and oxygen atoms in total. The van der Waals surface area contributed by atoms with E-state index in [1.807, 2.05) is 24.3 Å². The molecule has 0 radical (unpaired) electrons. The van der Waals surface area contributed by atoms with Gasteiger partial charge in [0.1, 0.15) is 5.76 Å². The van der Waals surface area contributed by atoms with Crippen LogP contribution in [0.25, 0.3) is 0 Å². The number of methoxy groups -OCH3 is 8. The lowest BCUT2D eigenvalue weighted by Gasteiger charge is -2.38. The molecule has 4 aromatic rings. The lowest BCUT2D eigenvalue weighted by atomic mass is 9.87. The molecule has 1 aliphatic rings. The van der Waals surface area contributed by atoms with Gasteiger partial charge >= 0.3 is 5.97 Å². The normalized spacial score (nSPS) is 14.5. The number of esters is 1. The summed E-state index contributed by atoms with van der Waals surface area (Å²) in [5, 5.41) is 21.7. The van der Waals surface area contributed by atoms with E-state index in [0.29, 0.717) is 47.3 Å². The summed E-state index contributed by atoms with van der Waals surface area (Å²) in [5.41, 5.74) is 2.36. The summed E-state index contributed by atoms with van der Waals surface area (Å²) in [6.45, 7) is 0.618. The molecule has 0 bridgehead atoms. The maximum Gasteiger partial charge on any atom is 0.306 e. The standard InChI is InChI=1S/C38H43NO13/c1-44-27-11-20-9-10-39(34(24(20)17-28(27)45-2)22-14-31(48-5)38(51-8)32(15-22)49-6)19-23-16-26(40)35(42)37(52-23)25(18-33(41)50-7)21-12-29(46-3)36(43)30(13-21)47-4/h11-17,25,34,42-43H,9-10,18-19H2,1-8H3/t25-,34-/m0/s1. The Morgan fingerprint density at radius 2 is 1.33 bits per heavy atom. The summed E-state index contributed by atoms with van der Waals surface area (Å²) in [5.74, 6) is -0.00902. The van der Waals surface area contributed by atoms with Crippen LogP contribution in [0.2, 0.25) is 0 Å². The van der Waals surface area contributed by atoms with Gasteiger partial charge in [-0.3, -0.25) is 14.5 Å². The van der Waals surface area contributed by atoms with E-state index >= 15 is 0 Å². The summed E-state index contributed by atoms with van der Waals surface area (Å²) in [7, 11) is 11.7. The van der Waals surface area contributed by atoms with Crippen LogP contribution >= 0.6 is 0 Å². The second-order valence-electron chi connectivity index (χ2n) is 11.9. The van der Waals surface area contributed by atoms with Crippen LogP contribution in [-0.4, -0.2) is 84.5 Å². The minimum atomic E-state index is -1.03. The lowest BCUT2D eigenvalue weighted by Crippen LogP contribution is -2.36. The van der Waals surface area contributed by atoms with Gasteiger partial charge < -0.3 is 52.5 Å². The number of carbonyl (C=O) groups is 1. The van der Waals surface area contributed by atoms with Crippen LogP contribution in [-0.2, 0) is 22.5 Å². The van der Waals surface area contributed by atoms with Crippen molar-refractivity contribution in [1.82, 2.24) is 4.90 Å². The first-order valence-corrected chi connectivity index (χ1v) is 16.2. The van der Waals surface area contributed by atoms with Gasteiger partial charge in [-0.2, -0.15) is 0 Å². The number of carbonyl (C=O) groups excluding carboxylic acids is 1. The fourth-order valence-electron chi connectivity index (χ4n) is 6.61. The molecule has 0 amide bonds. The highest BCUT2D eigenvalue weighted by atomic mass is 16.5. The quantitative estimate of drug-likeness (QED) is 0.168. The Kier molecular flexibility index (Phi) is 11.6. The Morgan fingerprint density at radius 3 is 1.87 bits per heavy atom. The molecule has 2 N–H and O–H groups in total. The zero-order chi connectivity index (χ0) is 37.7. The smallest absolute Gasteiger partial charge is 0.306 e. The van der Waals surface area contributed by atoms with Crippen LogP contribution in [0.15, 0.2) is 51.7 Å². The van der Waals surface area contributed by atoms with E-state index < -0.39 is 29.1 Å². The molecule has 0 unspecified atom stereocenters. The average Bonchev–Trinajstić information content (AvgIpc) is 3.16. The van der Waals surface area contributed by atoms with Crippen LogP contribution < -0.4 is 38.6 Å². The van der Waals surface area contributed by atoms with Crippen LogP contribution in [0.1, 0.15) is 52.2 Å². The Bertz CT molecular complexity index is 1940. The van der Waals surface area contributed by atoms with E-state index in [2.05, 4.69) is 4.90 Å². The molecular weight excluding hydrogens is 678 g/mol. The minimum absolute atomic E-state index is 0.0504. The number of hydrogen-bond acceptors (Lipinski definition) is 14. The molecule has 278 valence electrons. The second kappa shape index (κ2) is 16.1. The predicted octanol–water partition coefficient (Wildman–Crippen LogP) is 4.95. The molecule has 5 rings (SSSR count). The van der Waals surface area contributed by atoms with Crippen molar-refractivity contribution in [2.24, 2.45) is 0 Å². The van der Waals surface area contributed by atoms with Crippen molar-refractivity contribution in [3.63, 3.8) is 0 Å². The summed E-state index contributed by atoms with van der Waals surface area (Å²) in [4.78, 5) is 28.2. The molecule has 52 heavy (non-hydrogen) atoms. The molecule has 3 aromatic carbocycles. The van der Waals surface area contributed by atoms with Crippen molar-refractivity contribution >= 4 is 5.97 Å². The zero-order valence-corrected chi connectivity index (χ0v) is 30.4. The van der Waals surface area contributed by atoms with Crippen molar-refractivity contribution in [2.75, 3.05) is 63.4 Å². The van der Waals surface area contributed by atoms with E-state index in [1.54, 1.807) is 14.2 Å². The number of phenolic OH excluding ortho intramolecular Hbond substituents is 1. The number of fused-ring (bicyclic) bond motifs is 1. The van der Waals surface area contributed by atoms with Crippen molar-refractivity contribution in [2.45, 2.75) is 31.3 Å². The Hall–Kier alpha value is -5.76. The Balaban J connectivity index is 1.67. The van der Waals surface area contributed by atoms with E-state index in [1.165, 1.54) is 60.9 Å². The highest BCUT2D eigenvalue weighted by Crippen LogP contribution is 2.47. The van der Waals surface area contributed by atoms with E-state index in [-0.39, 0.29) is 41.7 Å². The SMILES string of the molecule is COC(=O)C[C@@H](c1cc(OC)c(O)c(OC)c1)c1oc(CN2CCc3cc(OC)c(OC)cc3[C@@H]2c2cc(OC)c(OC)c(OC)c2)cc(=O)c1O. The van der Waals surface area contributed by atoms with Crippen molar-refractivity contribution in [3.05, 3.63) is 86.5 Å². The Labute approximate surface area is 300 Å². The first-order chi connectivity index (χ1) is 25.0. The number of rotatable bonds is 14. The van der Waals surface area contributed by atoms with Gasteiger partial charge in [0.2, 0.25) is 22.7 Å². The molecule has 14 heteroatoms. The van der Waals surface area contributed by atoms with E-state index in [4.69, 9.17) is 42.3 Å². The first kappa shape index (κ1) is 37.5. The molecule has 0 saturated carbocycles. The van der Waals surface area contributed by atoms with Gasteiger partial charge in [-0.15, -0.1) is 0 Å². The fraction of sp³-hybridized carbons (Fsp3) is 0.368. The topological polar surface area (TPSA) is 165 Å². The van der Waals surface area contributed by atoms with Crippen LogP contribution in [0.4, 0.5) is 0 Å². The van der Waals surface area contributed by atoms with Gasteiger partial charge in [0.05, 0.1) is 81.8 Å². The monoisotopic (exact) mass is 721 g/mol. The van der Waals surface area contributed by atoms with Gasteiger partial charge in [-0.25, -0.2) is 0 Å². The second-order valence-corrected chi connectivity index (χ2v) is 11.9. The highest BCUT2D eigenvalue weighted by Gasteiger charge is 2.34. The van der Waals surface area contributed by atoms with Crippen molar-refractivity contribution < 1.29 is 57.3 Å². The van der Waals surface area contributed by atoms with Crippen LogP contribution in [0, 0.1) is 0 Å². The maximum absolute atomic E-state index is 13.4. The average molecular weight is 722 g/mol. The Morgan fingerprint density at radius 1 is 0.750 bits per heavy atom. The number of benzene rings is 3. The van der Waals surface area contributed by atoms with Gasteiger partial charge in [-0.05, 0) is 65.1 Å². The highest BCUT2D eigenvalue weighted by molar-refractivity contribution is 5.71. The summed E-state index contributed by atoms with van der Waals surface area (Å²) in [6.07, 6.45) is 0.296. The fourth-order valence-corrected chi connectivity index (χ4v) is 6.61. The predicted molar refractivity (Wildman–Crippen MR) is 188 cm³/mol. The molecule has 0 saturated heterocycles. The van der Waals surface area contributed by atoms with Gasteiger partial charge in [0.15, 0.2) is 40.3 Å². The summed E-state index contributed by atoms with van der Waals surface area (Å²) >= 11 is 0. The third-order valence-electron chi connectivity index (χ3n) is 9.15. The molecule has 0 fully saturated rings. The van der Waals surface area contributed by atoms with Crippen molar-refractivity contribution in [3.8, 4) is 51.7 Å². The summed E-state index contributed by atoms with van der Waals surface area (Å²) < 4.78 is 50.3. The van der Waals surface area contributed by atoms with Gasteiger partial charge in [0, 0.05) is 12.6 Å². The number of aromatic hydroxyl groups is 2. The third kappa shape index (κ3) is 7.19. The largest absolute Gasteiger partial charge is 0.502 e. The lowest BCUT2D eigenvalue weighted by molar-refractivity contribution is -0.140. The van der Waals surface area contributed by atoms with E-state index in [9.17, 15) is 19.8 Å². The molecule has 2 atom stereocenters. The molecular formula is C38H43NO13.